The van der Waals surface area contributed by atoms with Crippen molar-refractivity contribution in [3.8, 4) is 16.8 Å². The fraction of sp³-hybridized carbons (Fsp3) is 0.438. The van der Waals surface area contributed by atoms with Crippen molar-refractivity contribution < 1.29 is 19.4 Å². The van der Waals surface area contributed by atoms with E-state index >= 15 is 0 Å². The number of nitrogens with one attached hydrogen (secondary N) is 1. The molecule has 4 rings (SSSR count). The Kier molecular flexibility index (Phi) is 8.28. The van der Waals surface area contributed by atoms with Gasteiger partial charge in [-0.25, -0.2) is 0 Å². The zero-order valence-electron chi connectivity index (χ0n) is 23.5. The van der Waals surface area contributed by atoms with E-state index in [2.05, 4.69) is 143 Å². The second-order valence-electron chi connectivity index (χ2n) is 12.2. The van der Waals surface area contributed by atoms with Crippen molar-refractivity contribution in [2.75, 3.05) is 0 Å². The van der Waals surface area contributed by atoms with Gasteiger partial charge >= 0.3 is 176 Å². The van der Waals surface area contributed by atoms with Crippen LogP contribution in [0.4, 0.5) is 0 Å². The van der Waals surface area contributed by atoms with Gasteiger partial charge in [0.1, 0.15) is 0 Å². The van der Waals surface area contributed by atoms with E-state index in [4.69, 9.17) is 5.10 Å². The van der Waals surface area contributed by atoms with Gasteiger partial charge in [0.25, 0.3) is 0 Å². The molecule has 5 heteroatoms. The van der Waals surface area contributed by atoms with Crippen LogP contribution >= 0.6 is 0 Å². The second kappa shape index (κ2) is 11.1. The first kappa shape index (κ1) is 27.6. The molecule has 0 unspecified atom stereocenters. The Bertz CT molecular complexity index is 1360. The molecule has 4 nitrogen and oxygen atoms in total. The van der Waals surface area contributed by atoms with E-state index in [0.29, 0.717) is 0 Å². The number of unbranched alkanes of at least 4 members (excludes halogenated alkanes) is 2. The van der Waals surface area contributed by atoms with Crippen LogP contribution in [0.15, 0.2) is 60.9 Å². The predicted molar refractivity (Wildman–Crippen MR) is 151 cm³/mol. The number of para-hydroxylation sites is 1. The third-order valence-corrected chi connectivity index (χ3v) is 8.32. The van der Waals surface area contributed by atoms with Gasteiger partial charge in [-0.2, -0.15) is 0 Å². The van der Waals surface area contributed by atoms with Crippen molar-refractivity contribution in [3.05, 3.63) is 87.2 Å². The normalized spacial score (nSPS) is 12.4. The van der Waals surface area contributed by atoms with Gasteiger partial charge in [-0.1, -0.05) is 47.6 Å². The second-order valence-corrected chi connectivity index (χ2v) is 13.2. The number of imidazole rings is 1. The van der Waals surface area contributed by atoms with Crippen molar-refractivity contribution in [3.63, 3.8) is 0 Å². The summed E-state index contributed by atoms with van der Waals surface area (Å²) in [6.45, 7) is 17.0. The molecule has 0 aliphatic heterocycles. The number of aromatic nitrogens is 4. The van der Waals surface area contributed by atoms with E-state index in [1.807, 2.05) is 0 Å². The van der Waals surface area contributed by atoms with Gasteiger partial charge in [-0.05, 0) is 10.8 Å². The first-order valence-corrected chi connectivity index (χ1v) is 14.6. The van der Waals surface area contributed by atoms with E-state index in [0.717, 1.165) is 31.5 Å². The Morgan fingerprint density at radius 2 is 1.49 bits per heavy atom. The van der Waals surface area contributed by atoms with Crippen molar-refractivity contribution >= 4 is 0 Å². The van der Waals surface area contributed by atoms with Gasteiger partial charge in [0.15, 0.2) is 0 Å². The van der Waals surface area contributed by atoms with Gasteiger partial charge in [-0.15, -0.1) is 0 Å². The molecule has 2 aromatic carbocycles. The van der Waals surface area contributed by atoms with Crippen molar-refractivity contribution in [1.82, 2.24) is 19.3 Å². The average molecular weight is 678 g/mol. The van der Waals surface area contributed by atoms with Gasteiger partial charge in [0, 0.05) is 0 Å². The molecule has 1 N–H and O–H groups in total. The van der Waals surface area contributed by atoms with Crippen LogP contribution in [0.3, 0.4) is 0 Å². The molecule has 2 heterocycles. The third-order valence-electron chi connectivity index (χ3n) is 7.12. The topological polar surface area (TPSA) is 38.5 Å². The minimum absolute atomic E-state index is 0.0997. The van der Waals surface area contributed by atoms with Crippen LogP contribution in [-0.4, -0.2) is 19.3 Å². The summed E-state index contributed by atoms with van der Waals surface area (Å²) in [5.41, 5.74) is 9.12. The number of nitrogens with zero attached hydrogens (tertiary/aromatic N) is 3. The van der Waals surface area contributed by atoms with E-state index < -0.39 is 0 Å². The molecule has 2 aromatic heterocycles. The Morgan fingerprint density at radius 3 is 2.11 bits per heavy atom. The van der Waals surface area contributed by atoms with Crippen LogP contribution < -0.4 is 0 Å². The van der Waals surface area contributed by atoms with E-state index in [-0.39, 0.29) is 10.8 Å². The van der Waals surface area contributed by atoms with Gasteiger partial charge < -0.3 is 0 Å². The SMILES string of the molecule is Cc1[nH]nc(CCCCCn2ccn(-c3ccccc3)[c]2=[Pt])c1-c1cc(C(C)(C)C)cc(C(C)(C)C)c1. The number of H-pyrrole nitrogens is 1. The summed E-state index contributed by atoms with van der Waals surface area (Å²) >= 11 is 2.43. The molecule has 0 radical (unpaired) electrons. The third kappa shape index (κ3) is 6.52. The van der Waals surface area contributed by atoms with Crippen LogP contribution in [0.5, 0.6) is 0 Å². The molecule has 37 heavy (non-hydrogen) atoms. The summed E-state index contributed by atoms with van der Waals surface area (Å²) in [5, 5.41) is 8.03. The molecule has 200 valence electrons. The molecule has 0 saturated heterocycles. The fourth-order valence-corrected chi connectivity index (χ4v) is 5.65. The van der Waals surface area contributed by atoms with Crippen molar-refractivity contribution in [1.29, 1.82) is 0 Å². The maximum atomic E-state index is 4.75. The molecule has 0 bridgehead atoms. The summed E-state index contributed by atoms with van der Waals surface area (Å²) in [6, 6.07) is 17.7. The molecular weight excluding hydrogens is 635 g/mol. The van der Waals surface area contributed by atoms with E-state index in [9.17, 15) is 0 Å². The molecule has 0 aliphatic carbocycles. The summed E-state index contributed by atoms with van der Waals surface area (Å²) in [6.07, 6.45) is 8.83. The molecule has 4 aromatic rings. The summed E-state index contributed by atoms with van der Waals surface area (Å²) < 4.78 is 5.84. The van der Waals surface area contributed by atoms with Gasteiger partial charge in [0.2, 0.25) is 0 Å². The molecule has 0 fully saturated rings. The number of aryl methyl sites for hydroxylation is 3. The van der Waals surface area contributed by atoms with Crippen molar-refractivity contribution in [2.45, 2.75) is 91.5 Å². The Morgan fingerprint density at radius 1 is 0.838 bits per heavy atom. The first-order chi connectivity index (χ1) is 17.4. The number of hydrogen-bond acceptors (Lipinski definition) is 1. The Hall–Kier alpha value is -2.45. The van der Waals surface area contributed by atoms with Crippen LogP contribution in [0.2, 0.25) is 0 Å². The van der Waals surface area contributed by atoms with Crippen LogP contribution in [0.1, 0.15) is 83.3 Å². The Labute approximate surface area is 233 Å². The van der Waals surface area contributed by atoms with E-state index in [1.165, 1.54) is 43.9 Å². The summed E-state index contributed by atoms with van der Waals surface area (Å²) in [4.78, 5) is 0. The number of hydrogen-bond donors (Lipinski definition) is 1. The standard InChI is InChI=1S/C32H42N4.Pt/c1-24-30(25-20-26(31(2,3)4)22-27(21-25)32(5,6)7)29(34-33-24)16-12-9-13-17-35-18-19-36(23-35)28-14-10-8-11-15-28;/h8,10-11,14-15,18-22H,9,12-13,16-17H2,1-7H3,(H,33,34);. The Balaban J connectivity index is 1.44. The number of benzene rings is 2. The van der Waals surface area contributed by atoms with Crippen LogP contribution in [0.25, 0.3) is 16.8 Å². The predicted octanol–water partition coefficient (Wildman–Crippen LogP) is 8.06. The van der Waals surface area contributed by atoms with Crippen molar-refractivity contribution in [2.24, 2.45) is 0 Å². The van der Waals surface area contributed by atoms with E-state index in [1.54, 1.807) is 0 Å². The van der Waals surface area contributed by atoms with Crippen LogP contribution in [0, 0.1) is 10.7 Å². The maximum absolute atomic E-state index is 4.75. The minimum atomic E-state index is 0.0997. The van der Waals surface area contributed by atoms with Crippen LogP contribution in [-0.2, 0) is 43.1 Å². The fourth-order valence-electron chi connectivity index (χ4n) is 4.77. The molecule has 0 saturated carbocycles. The number of aromatic amines is 1. The van der Waals surface area contributed by atoms with Gasteiger partial charge in [0.05, 0.1) is 0 Å². The molecule has 0 amide bonds. The molecule has 0 atom stereocenters. The average Bonchev–Trinajstić information content (AvgIpc) is 3.40. The quantitative estimate of drug-likeness (QED) is 0.188. The van der Waals surface area contributed by atoms with Gasteiger partial charge in [-0.3, -0.25) is 0 Å². The molecule has 0 spiro atoms. The first-order valence-electron chi connectivity index (χ1n) is 13.4. The summed E-state index contributed by atoms with van der Waals surface area (Å²) in [7, 11) is 0. The zero-order valence-corrected chi connectivity index (χ0v) is 25.7. The monoisotopic (exact) mass is 677 g/mol. The molecular formula is C32H42N4Pt. The molecule has 0 aliphatic rings. The number of rotatable bonds is 8. The summed E-state index contributed by atoms with van der Waals surface area (Å²) in [5.74, 6) is 0. The zero-order chi connectivity index (χ0) is 26.8.